The summed E-state index contributed by atoms with van der Waals surface area (Å²) in [6, 6.07) is 5.60. The highest BCUT2D eigenvalue weighted by Gasteiger charge is 2.25. The quantitative estimate of drug-likeness (QED) is 0.870. The van der Waals surface area contributed by atoms with Gasteiger partial charge in [-0.05, 0) is 12.5 Å². The molecule has 1 heterocycles. The Kier molecular flexibility index (Phi) is 3.23. The van der Waals surface area contributed by atoms with Gasteiger partial charge in [0.1, 0.15) is 11.9 Å². The number of amides is 2. The van der Waals surface area contributed by atoms with E-state index in [-0.39, 0.29) is 12.6 Å². The van der Waals surface area contributed by atoms with Crippen LogP contribution in [-0.2, 0) is 17.8 Å². The highest BCUT2D eigenvalue weighted by molar-refractivity contribution is 5.89. The molecule has 1 aromatic rings. The Labute approximate surface area is 105 Å². The van der Waals surface area contributed by atoms with E-state index in [9.17, 15) is 9.59 Å². The van der Waals surface area contributed by atoms with E-state index in [4.69, 9.17) is 9.84 Å². The van der Waals surface area contributed by atoms with Crippen LogP contribution in [0.3, 0.4) is 0 Å². The van der Waals surface area contributed by atoms with Gasteiger partial charge in [-0.3, -0.25) is 4.79 Å². The number of fused-ring (bicyclic) bond motifs is 1. The number of ether oxygens (including phenoxy) is 1. The van der Waals surface area contributed by atoms with Crippen LogP contribution in [0.4, 0.5) is 4.79 Å². The van der Waals surface area contributed by atoms with Gasteiger partial charge >= 0.3 is 6.09 Å². The minimum Gasteiger partial charge on any atom is -0.490 e. The molecule has 0 saturated heterocycles. The molecule has 1 aromatic carbocycles. The minimum atomic E-state index is -1.24. The maximum atomic E-state index is 11.3. The Morgan fingerprint density at radius 3 is 2.83 bits per heavy atom. The summed E-state index contributed by atoms with van der Waals surface area (Å²) in [5.74, 6) is 0.226. The van der Waals surface area contributed by atoms with Gasteiger partial charge in [0, 0.05) is 18.9 Å². The van der Waals surface area contributed by atoms with Gasteiger partial charge in [-0.1, -0.05) is 18.2 Å². The molecule has 0 aromatic heterocycles. The van der Waals surface area contributed by atoms with Crippen molar-refractivity contribution in [1.82, 2.24) is 4.90 Å². The molecule has 1 aliphatic rings. The van der Waals surface area contributed by atoms with Gasteiger partial charge < -0.3 is 9.84 Å². The van der Waals surface area contributed by atoms with Gasteiger partial charge in [0.05, 0.1) is 6.54 Å². The first-order valence-electron chi connectivity index (χ1n) is 5.77. The van der Waals surface area contributed by atoms with Crippen molar-refractivity contribution in [3.63, 3.8) is 0 Å². The maximum Gasteiger partial charge on any atom is 0.414 e. The van der Waals surface area contributed by atoms with Crippen LogP contribution in [0.15, 0.2) is 18.2 Å². The van der Waals surface area contributed by atoms with Crippen LogP contribution >= 0.6 is 0 Å². The number of carboxylic acid groups (broad SMARTS) is 1. The molecule has 2 amide bonds. The number of carbonyl (C=O) groups is 2. The predicted molar refractivity (Wildman–Crippen MR) is 64.5 cm³/mol. The number of hydrogen-bond acceptors (Lipinski definition) is 3. The lowest BCUT2D eigenvalue weighted by molar-refractivity contribution is -0.127. The second-order valence-corrected chi connectivity index (χ2v) is 4.43. The maximum absolute atomic E-state index is 11.3. The van der Waals surface area contributed by atoms with Gasteiger partial charge in [-0.25, -0.2) is 9.69 Å². The van der Waals surface area contributed by atoms with E-state index in [1.165, 1.54) is 6.92 Å². The number of carbonyl (C=O) groups excluding carboxylic acids is 1. The van der Waals surface area contributed by atoms with E-state index in [0.29, 0.717) is 0 Å². The van der Waals surface area contributed by atoms with Crippen molar-refractivity contribution in [3.05, 3.63) is 29.3 Å². The Hall–Kier alpha value is -2.04. The zero-order chi connectivity index (χ0) is 13.3. The molecule has 0 fully saturated rings. The molecule has 0 bridgehead atoms. The number of para-hydroxylation sites is 1. The van der Waals surface area contributed by atoms with Crippen molar-refractivity contribution in [2.75, 3.05) is 0 Å². The number of benzene rings is 1. The molecule has 1 aliphatic heterocycles. The summed E-state index contributed by atoms with van der Waals surface area (Å²) in [5, 5.41) is 8.97. The summed E-state index contributed by atoms with van der Waals surface area (Å²) < 4.78 is 5.67. The number of nitrogens with zero attached hydrogens (tertiary/aromatic N) is 1. The first kappa shape index (κ1) is 12.4. The zero-order valence-corrected chi connectivity index (χ0v) is 10.3. The Bertz CT molecular complexity index is 484. The molecule has 5 nitrogen and oxygen atoms in total. The fraction of sp³-hybridized carbons (Fsp3) is 0.385. The molecule has 0 spiro atoms. The zero-order valence-electron chi connectivity index (χ0n) is 10.3. The van der Waals surface area contributed by atoms with E-state index >= 15 is 0 Å². The first-order chi connectivity index (χ1) is 8.49. The van der Waals surface area contributed by atoms with Crippen LogP contribution in [0, 0.1) is 0 Å². The van der Waals surface area contributed by atoms with Gasteiger partial charge in [0.25, 0.3) is 0 Å². The van der Waals surface area contributed by atoms with E-state index < -0.39 is 12.0 Å². The molecule has 0 radical (unpaired) electrons. The Balaban J connectivity index is 2.28. The highest BCUT2D eigenvalue weighted by atomic mass is 16.5. The molecule has 1 atom stereocenters. The monoisotopic (exact) mass is 249 g/mol. The highest BCUT2D eigenvalue weighted by Crippen LogP contribution is 2.33. The summed E-state index contributed by atoms with van der Waals surface area (Å²) in [4.78, 5) is 23.0. The summed E-state index contributed by atoms with van der Waals surface area (Å²) in [5.41, 5.74) is 1.79. The van der Waals surface area contributed by atoms with E-state index in [1.807, 2.05) is 19.1 Å². The third kappa shape index (κ3) is 2.30. The Morgan fingerprint density at radius 1 is 1.50 bits per heavy atom. The average Bonchev–Trinajstić information content (AvgIpc) is 2.65. The minimum absolute atomic E-state index is 0.0283. The predicted octanol–water partition coefficient (Wildman–Crippen LogP) is 2.04. The van der Waals surface area contributed by atoms with E-state index in [0.717, 1.165) is 28.2 Å². The van der Waals surface area contributed by atoms with Crippen LogP contribution in [0.1, 0.15) is 25.0 Å². The summed E-state index contributed by atoms with van der Waals surface area (Å²) >= 11 is 0. The van der Waals surface area contributed by atoms with E-state index in [2.05, 4.69) is 0 Å². The van der Waals surface area contributed by atoms with Crippen LogP contribution in [-0.4, -0.2) is 28.1 Å². The summed E-state index contributed by atoms with van der Waals surface area (Å²) in [6.45, 7) is 3.23. The third-order valence-corrected chi connectivity index (χ3v) is 2.94. The smallest absolute Gasteiger partial charge is 0.414 e. The molecule has 5 heteroatoms. The van der Waals surface area contributed by atoms with Crippen LogP contribution in [0.2, 0.25) is 0 Å². The van der Waals surface area contributed by atoms with Gasteiger partial charge in [-0.15, -0.1) is 0 Å². The van der Waals surface area contributed by atoms with E-state index in [1.54, 1.807) is 6.07 Å². The van der Waals surface area contributed by atoms with Gasteiger partial charge in [0.2, 0.25) is 5.91 Å². The van der Waals surface area contributed by atoms with Crippen molar-refractivity contribution in [1.29, 1.82) is 0 Å². The number of imide groups is 1. The standard InChI is InChI=1S/C13H15NO4/c1-8-6-10-4-3-5-11(12(10)18-8)7-14(9(2)15)13(16)17/h3-5,8H,6-7H2,1-2H3,(H,16,17). The largest absolute Gasteiger partial charge is 0.490 e. The molecule has 2 rings (SSSR count). The number of rotatable bonds is 2. The van der Waals surface area contributed by atoms with Crippen molar-refractivity contribution in [3.8, 4) is 5.75 Å². The Morgan fingerprint density at radius 2 is 2.22 bits per heavy atom. The van der Waals surface area contributed by atoms with Crippen LogP contribution in [0.5, 0.6) is 5.75 Å². The molecule has 96 valence electrons. The van der Waals surface area contributed by atoms with Gasteiger partial charge in [-0.2, -0.15) is 0 Å². The second kappa shape index (κ2) is 4.68. The fourth-order valence-electron chi connectivity index (χ4n) is 2.11. The molecular formula is C13H15NO4. The van der Waals surface area contributed by atoms with Crippen LogP contribution in [0.25, 0.3) is 0 Å². The summed E-state index contributed by atoms with van der Waals surface area (Å²) in [6.07, 6.45) is -0.334. The molecule has 1 unspecified atom stereocenters. The normalized spacial score (nSPS) is 16.9. The molecule has 18 heavy (non-hydrogen) atoms. The van der Waals surface area contributed by atoms with Crippen molar-refractivity contribution in [2.45, 2.75) is 32.9 Å². The second-order valence-electron chi connectivity index (χ2n) is 4.43. The van der Waals surface area contributed by atoms with Gasteiger partial charge in [0.15, 0.2) is 0 Å². The SMILES string of the molecule is CC(=O)N(Cc1cccc2c1OC(C)C2)C(=O)O. The van der Waals surface area contributed by atoms with Crippen molar-refractivity contribution < 1.29 is 19.4 Å². The topological polar surface area (TPSA) is 66.8 Å². The summed E-state index contributed by atoms with van der Waals surface area (Å²) in [7, 11) is 0. The fourth-order valence-corrected chi connectivity index (χ4v) is 2.11. The molecule has 1 N–H and O–H groups in total. The van der Waals surface area contributed by atoms with Crippen molar-refractivity contribution in [2.24, 2.45) is 0 Å². The lowest BCUT2D eigenvalue weighted by Crippen LogP contribution is -2.33. The molecule has 0 saturated carbocycles. The lowest BCUT2D eigenvalue weighted by atomic mass is 10.1. The lowest BCUT2D eigenvalue weighted by Gasteiger charge is -2.17. The molecule has 0 aliphatic carbocycles. The number of hydrogen-bond donors (Lipinski definition) is 1. The first-order valence-corrected chi connectivity index (χ1v) is 5.77. The molecular weight excluding hydrogens is 234 g/mol. The third-order valence-electron chi connectivity index (χ3n) is 2.94. The average molecular weight is 249 g/mol. The van der Waals surface area contributed by atoms with Crippen LogP contribution < -0.4 is 4.74 Å². The van der Waals surface area contributed by atoms with Crippen molar-refractivity contribution >= 4 is 12.0 Å².